The molecule has 0 amide bonds. The standard InChI is InChI=1S/C24H15ClN2O3/c25-16-8-6-15(7-9-16)21-13-22(27(26-21)17-4-2-1-3-5-17)20-14-30-23-12-18(28)10-11-19(23)24(20)29/h1-14,28H. The summed E-state index contributed by atoms with van der Waals surface area (Å²) >= 11 is 6.02. The lowest BCUT2D eigenvalue weighted by molar-refractivity contribution is 0.474. The summed E-state index contributed by atoms with van der Waals surface area (Å²) in [5, 5.41) is 15.4. The molecule has 2 heterocycles. The van der Waals surface area contributed by atoms with Crippen LogP contribution in [0.2, 0.25) is 5.02 Å². The first-order valence-corrected chi connectivity index (χ1v) is 9.64. The van der Waals surface area contributed by atoms with Crippen LogP contribution in [0.1, 0.15) is 0 Å². The van der Waals surface area contributed by atoms with Crippen molar-refractivity contribution in [2.75, 3.05) is 0 Å². The van der Waals surface area contributed by atoms with E-state index in [1.54, 1.807) is 22.9 Å². The van der Waals surface area contributed by atoms with Gasteiger partial charge in [-0.15, -0.1) is 0 Å². The molecule has 0 aliphatic carbocycles. The summed E-state index contributed by atoms with van der Waals surface area (Å²) in [5.41, 5.74) is 3.52. The summed E-state index contributed by atoms with van der Waals surface area (Å²) in [6.45, 7) is 0. The Morgan fingerprint density at radius 1 is 0.933 bits per heavy atom. The second-order valence-electron chi connectivity index (χ2n) is 6.83. The highest BCUT2D eigenvalue weighted by atomic mass is 35.5. The number of nitrogens with zero attached hydrogens (tertiary/aromatic N) is 2. The Morgan fingerprint density at radius 3 is 2.47 bits per heavy atom. The molecule has 0 saturated carbocycles. The number of para-hydroxylation sites is 1. The number of benzene rings is 3. The predicted molar refractivity (Wildman–Crippen MR) is 117 cm³/mol. The van der Waals surface area contributed by atoms with Gasteiger partial charge in [-0.2, -0.15) is 5.10 Å². The van der Waals surface area contributed by atoms with Crippen LogP contribution in [0.3, 0.4) is 0 Å². The zero-order chi connectivity index (χ0) is 20.7. The first kappa shape index (κ1) is 18.2. The summed E-state index contributed by atoms with van der Waals surface area (Å²) < 4.78 is 7.39. The third kappa shape index (κ3) is 3.15. The van der Waals surface area contributed by atoms with E-state index in [0.717, 1.165) is 11.3 Å². The smallest absolute Gasteiger partial charge is 0.202 e. The summed E-state index contributed by atoms with van der Waals surface area (Å²) in [4.78, 5) is 13.2. The third-order valence-corrected chi connectivity index (χ3v) is 5.14. The summed E-state index contributed by atoms with van der Waals surface area (Å²) in [6.07, 6.45) is 1.41. The molecule has 30 heavy (non-hydrogen) atoms. The molecule has 5 nitrogen and oxygen atoms in total. The Bertz CT molecular complexity index is 1420. The summed E-state index contributed by atoms with van der Waals surface area (Å²) in [7, 11) is 0. The van der Waals surface area contributed by atoms with Gasteiger partial charge in [-0.25, -0.2) is 4.68 Å². The van der Waals surface area contributed by atoms with E-state index in [2.05, 4.69) is 0 Å². The Kier molecular flexibility index (Phi) is 4.38. The molecule has 0 saturated heterocycles. The van der Waals surface area contributed by atoms with Crippen molar-refractivity contribution in [2.45, 2.75) is 0 Å². The van der Waals surface area contributed by atoms with Crippen LogP contribution in [0.25, 0.3) is 39.2 Å². The molecule has 0 bridgehead atoms. The summed E-state index contributed by atoms with van der Waals surface area (Å²) in [5.74, 6) is 0.0396. The molecule has 2 aromatic heterocycles. The highest BCUT2D eigenvalue weighted by Gasteiger charge is 2.18. The molecule has 0 atom stereocenters. The molecule has 6 heteroatoms. The van der Waals surface area contributed by atoms with Crippen molar-refractivity contribution in [3.05, 3.63) is 100 Å². The van der Waals surface area contributed by atoms with Crippen molar-refractivity contribution in [3.8, 4) is 34.0 Å². The molecular weight excluding hydrogens is 400 g/mol. The van der Waals surface area contributed by atoms with E-state index >= 15 is 0 Å². The van der Waals surface area contributed by atoms with Crippen molar-refractivity contribution in [1.29, 1.82) is 0 Å². The fraction of sp³-hybridized carbons (Fsp3) is 0. The lowest BCUT2D eigenvalue weighted by Crippen LogP contribution is -2.08. The second kappa shape index (κ2) is 7.21. The first-order valence-electron chi connectivity index (χ1n) is 9.26. The number of aromatic hydroxyl groups is 1. The fourth-order valence-electron chi connectivity index (χ4n) is 3.39. The molecule has 146 valence electrons. The van der Waals surface area contributed by atoms with Gasteiger partial charge in [0.1, 0.15) is 17.6 Å². The Hall–Kier alpha value is -3.83. The molecule has 0 spiro atoms. The van der Waals surface area contributed by atoms with Crippen LogP contribution in [-0.4, -0.2) is 14.9 Å². The first-order chi connectivity index (χ1) is 14.6. The van der Waals surface area contributed by atoms with Crippen LogP contribution < -0.4 is 5.43 Å². The maximum Gasteiger partial charge on any atom is 0.202 e. The number of hydrogen-bond donors (Lipinski definition) is 1. The number of phenols is 1. The average molecular weight is 415 g/mol. The fourth-order valence-corrected chi connectivity index (χ4v) is 3.52. The minimum absolute atomic E-state index is 0.0396. The number of rotatable bonds is 3. The lowest BCUT2D eigenvalue weighted by Gasteiger charge is -2.07. The van der Waals surface area contributed by atoms with Crippen LogP contribution in [0.5, 0.6) is 5.75 Å². The number of aromatic nitrogens is 2. The lowest BCUT2D eigenvalue weighted by atomic mass is 10.1. The van der Waals surface area contributed by atoms with Gasteiger partial charge in [-0.1, -0.05) is 41.9 Å². The molecule has 0 unspecified atom stereocenters. The van der Waals surface area contributed by atoms with Crippen LogP contribution in [0.15, 0.2) is 94.3 Å². The monoisotopic (exact) mass is 414 g/mol. The molecule has 5 rings (SSSR count). The van der Waals surface area contributed by atoms with Crippen molar-refractivity contribution >= 4 is 22.6 Å². The largest absolute Gasteiger partial charge is 0.508 e. The van der Waals surface area contributed by atoms with E-state index in [1.165, 1.54) is 18.4 Å². The van der Waals surface area contributed by atoms with Gasteiger partial charge in [-0.3, -0.25) is 4.79 Å². The number of phenolic OH excluding ortho intramolecular Hbond substituents is 1. The highest BCUT2D eigenvalue weighted by Crippen LogP contribution is 2.29. The number of halogens is 1. The van der Waals surface area contributed by atoms with Gasteiger partial charge in [-0.05, 0) is 42.5 Å². The van der Waals surface area contributed by atoms with Crippen molar-refractivity contribution in [1.82, 2.24) is 9.78 Å². The average Bonchev–Trinajstić information content (AvgIpc) is 3.20. The molecular formula is C24H15ClN2O3. The molecule has 3 aromatic carbocycles. The molecule has 0 radical (unpaired) electrons. The molecule has 1 N–H and O–H groups in total. The van der Waals surface area contributed by atoms with Crippen LogP contribution in [0, 0.1) is 0 Å². The van der Waals surface area contributed by atoms with Gasteiger partial charge in [0.25, 0.3) is 0 Å². The van der Waals surface area contributed by atoms with E-state index in [4.69, 9.17) is 21.1 Å². The minimum Gasteiger partial charge on any atom is -0.508 e. The van der Waals surface area contributed by atoms with Gasteiger partial charge >= 0.3 is 0 Å². The van der Waals surface area contributed by atoms with E-state index in [-0.39, 0.29) is 11.2 Å². The normalized spacial score (nSPS) is 11.1. The van der Waals surface area contributed by atoms with E-state index < -0.39 is 0 Å². The van der Waals surface area contributed by atoms with E-state index in [9.17, 15) is 9.90 Å². The summed E-state index contributed by atoms with van der Waals surface area (Å²) in [6, 6.07) is 23.3. The van der Waals surface area contributed by atoms with Crippen molar-refractivity contribution in [2.24, 2.45) is 0 Å². The molecule has 0 fully saturated rings. The predicted octanol–water partition coefficient (Wildman–Crippen LogP) is 5.67. The topological polar surface area (TPSA) is 68.3 Å². The zero-order valence-corrected chi connectivity index (χ0v) is 16.4. The van der Waals surface area contributed by atoms with Gasteiger partial charge in [0.05, 0.1) is 28.0 Å². The second-order valence-corrected chi connectivity index (χ2v) is 7.26. The number of fused-ring (bicyclic) bond motifs is 1. The quantitative estimate of drug-likeness (QED) is 0.413. The van der Waals surface area contributed by atoms with Gasteiger partial charge in [0, 0.05) is 16.7 Å². The van der Waals surface area contributed by atoms with Crippen LogP contribution >= 0.6 is 11.6 Å². The molecule has 0 aliphatic rings. The van der Waals surface area contributed by atoms with Crippen LogP contribution in [-0.2, 0) is 0 Å². The Labute approximate surface area is 176 Å². The number of hydrogen-bond acceptors (Lipinski definition) is 4. The minimum atomic E-state index is -0.198. The molecule has 0 aliphatic heterocycles. The van der Waals surface area contributed by atoms with E-state index in [0.29, 0.717) is 32.9 Å². The van der Waals surface area contributed by atoms with Gasteiger partial charge in [0.2, 0.25) is 5.43 Å². The Balaban J connectivity index is 1.76. The van der Waals surface area contributed by atoms with Crippen molar-refractivity contribution < 1.29 is 9.52 Å². The molecule has 5 aromatic rings. The maximum atomic E-state index is 13.2. The van der Waals surface area contributed by atoms with Gasteiger partial charge < -0.3 is 9.52 Å². The Morgan fingerprint density at radius 2 is 1.70 bits per heavy atom. The highest BCUT2D eigenvalue weighted by molar-refractivity contribution is 6.30. The van der Waals surface area contributed by atoms with Crippen molar-refractivity contribution in [3.63, 3.8) is 0 Å². The SMILES string of the molecule is O=c1c(-c2cc(-c3ccc(Cl)cc3)nn2-c2ccccc2)coc2cc(O)ccc12. The third-order valence-electron chi connectivity index (χ3n) is 4.88. The van der Waals surface area contributed by atoms with E-state index in [1.807, 2.05) is 48.5 Å². The van der Waals surface area contributed by atoms with Gasteiger partial charge in [0.15, 0.2) is 0 Å². The van der Waals surface area contributed by atoms with Crippen LogP contribution in [0.4, 0.5) is 0 Å². The maximum absolute atomic E-state index is 13.2. The zero-order valence-electron chi connectivity index (χ0n) is 15.6.